The van der Waals surface area contributed by atoms with E-state index in [1.165, 1.54) is 0 Å². The SMILES string of the molecule is CC(C)CN1CCN(C)C(CCO)C1=O. The molecule has 1 N–H and O–H groups in total. The lowest BCUT2D eigenvalue weighted by atomic mass is 10.1. The summed E-state index contributed by atoms with van der Waals surface area (Å²) in [5.41, 5.74) is 0. The summed E-state index contributed by atoms with van der Waals surface area (Å²) in [5.74, 6) is 0.679. The summed E-state index contributed by atoms with van der Waals surface area (Å²) in [7, 11) is 1.95. The Bertz CT molecular complexity index is 219. The van der Waals surface area contributed by atoms with E-state index in [1.54, 1.807) is 0 Å². The van der Waals surface area contributed by atoms with Crippen LogP contribution in [0.4, 0.5) is 0 Å². The Morgan fingerprint density at radius 1 is 1.47 bits per heavy atom. The molecule has 1 unspecified atom stereocenters. The molecular weight excluding hydrogens is 192 g/mol. The van der Waals surface area contributed by atoms with Gasteiger partial charge in [-0.1, -0.05) is 13.8 Å². The van der Waals surface area contributed by atoms with E-state index in [9.17, 15) is 4.79 Å². The van der Waals surface area contributed by atoms with Crippen LogP contribution < -0.4 is 0 Å². The number of carbonyl (C=O) groups is 1. The zero-order valence-corrected chi connectivity index (χ0v) is 9.94. The molecule has 0 spiro atoms. The van der Waals surface area contributed by atoms with Crippen LogP contribution in [0.15, 0.2) is 0 Å². The fourth-order valence-electron chi connectivity index (χ4n) is 2.03. The largest absolute Gasteiger partial charge is 0.396 e. The zero-order valence-electron chi connectivity index (χ0n) is 9.94. The van der Waals surface area contributed by atoms with Crippen LogP contribution in [0.5, 0.6) is 0 Å². The van der Waals surface area contributed by atoms with Gasteiger partial charge in [-0.25, -0.2) is 0 Å². The Balaban J connectivity index is 2.59. The molecule has 1 rings (SSSR count). The molecule has 1 atom stereocenters. The molecule has 0 radical (unpaired) electrons. The van der Waals surface area contributed by atoms with Crippen molar-refractivity contribution in [2.45, 2.75) is 26.3 Å². The molecule has 1 fully saturated rings. The highest BCUT2D eigenvalue weighted by Gasteiger charge is 2.31. The summed E-state index contributed by atoms with van der Waals surface area (Å²) >= 11 is 0. The van der Waals surface area contributed by atoms with Crippen LogP contribution in [-0.2, 0) is 4.79 Å². The minimum absolute atomic E-state index is 0.0796. The lowest BCUT2D eigenvalue weighted by Crippen LogP contribution is -2.56. The maximum absolute atomic E-state index is 12.0. The van der Waals surface area contributed by atoms with Crippen molar-refractivity contribution in [2.75, 3.05) is 33.3 Å². The number of hydrogen-bond acceptors (Lipinski definition) is 3. The average molecular weight is 214 g/mol. The van der Waals surface area contributed by atoms with Gasteiger partial charge in [0, 0.05) is 26.2 Å². The maximum atomic E-state index is 12.0. The first-order valence-corrected chi connectivity index (χ1v) is 5.66. The van der Waals surface area contributed by atoms with Crippen LogP contribution in [0.3, 0.4) is 0 Å². The summed E-state index contributed by atoms with van der Waals surface area (Å²) in [6.07, 6.45) is 0.546. The Labute approximate surface area is 91.9 Å². The Kier molecular flexibility index (Phi) is 4.54. The molecule has 15 heavy (non-hydrogen) atoms. The normalized spacial score (nSPS) is 23.9. The molecule has 1 aliphatic heterocycles. The van der Waals surface area contributed by atoms with E-state index in [2.05, 4.69) is 13.8 Å². The van der Waals surface area contributed by atoms with Crippen molar-refractivity contribution in [1.82, 2.24) is 9.80 Å². The van der Waals surface area contributed by atoms with Crippen LogP contribution in [0.2, 0.25) is 0 Å². The number of amides is 1. The molecule has 4 nitrogen and oxygen atoms in total. The lowest BCUT2D eigenvalue weighted by molar-refractivity contribution is -0.142. The van der Waals surface area contributed by atoms with Crippen molar-refractivity contribution in [2.24, 2.45) is 5.92 Å². The molecule has 0 aromatic rings. The number of aliphatic hydroxyl groups is 1. The molecule has 1 aliphatic rings. The summed E-state index contributed by atoms with van der Waals surface area (Å²) in [5, 5.41) is 8.92. The van der Waals surface area contributed by atoms with Crippen molar-refractivity contribution in [3.8, 4) is 0 Å². The van der Waals surface area contributed by atoms with Gasteiger partial charge in [-0.15, -0.1) is 0 Å². The van der Waals surface area contributed by atoms with Gasteiger partial charge in [0.05, 0.1) is 6.04 Å². The second-order valence-electron chi connectivity index (χ2n) is 4.69. The standard InChI is InChI=1S/C11H22N2O2/c1-9(2)8-13-6-5-12(3)10(4-7-14)11(13)15/h9-10,14H,4-8H2,1-3H3. The van der Waals surface area contributed by atoms with E-state index >= 15 is 0 Å². The van der Waals surface area contributed by atoms with Gasteiger partial charge in [0.25, 0.3) is 0 Å². The first-order valence-electron chi connectivity index (χ1n) is 5.66. The number of hydrogen-bond donors (Lipinski definition) is 1. The van der Waals surface area contributed by atoms with Gasteiger partial charge in [0.15, 0.2) is 0 Å². The molecule has 0 saturated carbocycles. The van der Waals surface area contributed by atoms with Crippen LogP contribution in [0.1, 0.15) is 20.3 Å². The third-order valence-electron chi connectivity index (χ3n) is 2.84. The molecule has 88 valence electrons. The van der Waals surface area contributed by atoms with Gasteiger partial charge in [0.2, 0.25) is 5.91 Å². The molecule has 0 bridgehead atoms. The van der Waals surface area contributed by atoms with E-state index in [1.807, 2.05) is 16.8 Å². The topological polar surface area (TPSA) is 43.8 Å². The first-order chi connectivity index (χ1) is 7.06. The molecule has 0 aromatic carbocycles. The monoisotopic (exact) mass is 214 g/mol. The predicted octanol–water partition coefficient (Wildman–Crippen LogP) is 0.167. The van der Waals surface area contributed by atoms with Crippen LogP contribution in [0.25, 0.3) is 0 Å². The number of nitrogens with zero attached hydrogens (tertiary/aromatic N) is 2. The van der Waals surface area contributed by atoms with Crippen molar-refractivity contribution in [3.05, 3.63) is 0 Å². The summed E-state index contributed by atoms with van der Waals surface area (Å²) in [6, 6.07) is -0.123. The molecule has 1 heterocycles. The highest BCUT2D eigenvalue weighted by atomic mass is 16.3. The molecule has 1 saturated heterocycles. The quantitative estimate of drug-likeness (QED) is 0.725. The van der Waals surface area contributed by atoms with Crippen LogP contribution in [-0.4, -0.2) is 60.1 Å². The van der Waals surface area contributed by atoms with Gasteiger partial charge in [-0.3, -0.25) is 9.69 Å². The fourth-order valence-corrected chi connectivity index (χ4v) is 2.03. The molecule has 1 amide bonds. The van der Waals surface area contributed by atoms with Crippen molar-refractivity contribution < 1.29 is 9.90 Å². The number of likely N-dealkylation sites (N-methyl/N-ethyl adjacent to an activating group) is 1. The molecule has 0 aromatic heterocycles. The van der Waals surface area contributed by atoms with Gasteiger partial charge in [-0.2, -0.15) is 0 Å². The second kappa shape index (κ2) is 5.47. The van der Waals surface area contributed by atoms with Crippen LogP contribution >= 0.6 is 0 Å². The number of piperazine rings is 1. The van der Waals surface area contributed by atoms with E-state index in [0.717, 1.165) is 19.6 Å². The van der Waals surface area contributed by atoms with Gasteiger partial charge >= 0.3 is 0 Å². The number of rotatable bonds is 4. The zero-order chi connectivity index (χ0) is 11.4. The smallest absolute Gasteiger partial charge is 0.240 e. The van der Waals surface area contributed by atoms with E-state index in [-0.39, 0.29) is 18.6 Å². The minimum Gasteiger partial charge on any atom is -0.396 e. The van der Waals surface area contributed by atoms with Crippen molar-refractivity contribution >= 4 is 5.91 Å². The van der Waals surface area contributed by atoms with Crippen molar-refractivity contribution in [1.29, 1.82) is 0 Å². The van der Waals surface area contributed by atoms with E-state index in [4.69, 9.17) is 5.11 Å². The van der Waals surface area contributed by atoms with Gasteiger partial charge in [0.1, 0.15) is 0 Å². The summed E-state index contributed by atoms with van der Waals surface area (Å²) in [6.45, 7) is 6.86. The number of aliphatic hydroxyl groups excluding tert-OH is 1. The van der Waals surface area contributed by atoms with Crippen molar-refractivity contribution in [3.63, 3.8) is 0 Å². The molecule has 4 heteroatoms. The molecule has 0 aliphatic carbocycles. The Morgan fingerprint density at radius 2 is 2.13 bits per heavy atom. The van der Waals surface area contributed by atoms with E-state index < -0.39 is 0 Å². The fraction of sp³-hybridized carbons (Fsp3) is 0.909. The first kappa shape index (κ1) is 12.5. The lowest BCUT2D eigenvalue weighted by Gasteiger charge is -2.39. The predicted molar refractivity (Wildman–Crippen MR) is 59.5 cm³/mol. The van der Waals surface area contributed by atoms with Crippen LogP contribution in [0, 0.1) is 5.92 Å². The molecular formula is C11H22N2O2. The minimum atomic E-state index is -0.123. The summed E-state index contributed by atoms with van der Waals surface area (Å²) in [4.78, 5) is 16.0. The van der Waals surface area contributed by atoms with Gasteiger partial charge < -0.3 is 10.0 Å². The maximum Gasteiger partial charge on any atom is 0.240 e. The number of carbonyl (C=O) groups excluding carboxylic acids is 1. The summed E-state index contributed by atoms with van der Waals surface area (Å²) < 4.78 is 0. The third-order valence-corrected chi connectivity index (χ3v) is 2.84. The Morgan fingerprint density at radius 3 is 2.67 bits per heavy atom. The second-order valence-corrected chi connectivity index (χ2v) is 4.69. The Hall–Kier alpha value is -0.610. The average Bonchev–Trinajstić information content (AvgIpc) is 2.16. The highest BCUT2D eigenvalue weighted by Crippen LogP contribution is 2.13. The third kappa shape index (κ3) is 3.18. The highest BCUT2D eigenvalue weighted by molar-refractivity contribution is 5.82. The van der Waals surface area contributed by atoms with E-state index in [0.29, 0.717) is 12.3 Å². The van der Waals surface area contributed by atoms with Gasteiger partial charge in [-0.05, 0) is 19.4 Å².